The highest BCUT2D eigenvalue weighted by Crippen LogP contribution is 2.19. The number of aryl methyl sites for hydroxylation is 1. The molecule has 0 heteroatoms. The number of hydrogen-bond donors (Lipinski definition) is 0. The Bertz CT molecular complexity index is 381. The van der Waals surface area contributed by atoms with Crippen molar-refractivity contribution in [2.75, 3.05) is 0 Å². The first-order valence-corrected chi connectivity index (χ1v) is 4.70. The van der Waals surface area contributed by atoms with Crippen LogP contribution in [-0.4, -0.2) is 0 Å². The van der Waals surface area contributed by atoms with E-state index in [4.69, 9.17) is 0 Å². The molecule has 0 nitrogen and oxygen atoms in total. The molecule has 0 bridgehead atoms. The van der Waals surface area contributed by atoms with Crippen LogP contribution in [0.5, 0.6) is 0 Å². The van der Waals surface area contributed by atoms with Gasteiger partial charge in [-0.2, -0.15) is 0 Å². The molecule has 0 aromatic heterocycles. The van der Waals surface area contributed by atoms with E-state index in [1.165, 1.54) is 22.3 Å². The lowest BCUT2D eigenvalue weighted by Crippen LogP contribution is -1.86. The van der Waals surface area contributed by atoms with E-state index >= 15 is 0 Å². The predicted octanol–water partition coefficient (Wildman–Crippen LogP) is 3.51. The lowest BCUT2D eigenvalue weighted by molar-refractivity contribution is 1.24. The number of rotatable bonds is 0. The molecule has 0 fully saturated rings. The first-order valence-electron chi connectivity index (χ1n) is 4.70. The molecular formula is C13H14. The van der Waals surface area contributed by atoms with Crippen LogP contribution in [0.3, 0.4) is 0 Å². The van der Waals surface area contributed by atoms with Gasteiger partial charge in [-0.3, -0.25) is 0 Å². The summed E-state index contributed by atoms with van der Waals surface area (Å²) in [7, 11) is 0. The van der Waals surface area contributed by atoms with Crippen molar-refractivity contribution in [1.29, 1.82) is 0 Å². The summed E-state index contributed by atoms with van der Waals surface area (Å²) in [6, 6.07) is 6.66. The van der Waals surface area contributed by atoms with E-state index in [0.29, 0.717) is 0 Å². The average Bonchev–Trinajstić information content (AvgIpc) is 2.25. The summed E-state index contributed by atoms with van der Waals surface area (Å²) >= 11 is 0. The van der Waals surface area contributed by atoms with Crippen molar-refractivity contribution in [3.63, 3.8) is 0 Å². The Kier molecular flexibility index (Phi) is 2.05. The van der Waals surface area contributed by atoms with Gasteiger partial charge in [0.2, 0.25) is 0 Å². The molecule has 0 radical (unpaired) electrons. The Balaban J connectivity index is 2.55. The number of fused-ring (bicyclic) bond motifs is 1. The Labute approximate surface area is 79.6 Å². The zero-order chi connectivity index (χ0) is 9.26. The Morgan fingerprint density at radius 2 is 2.00 bits per heavy atom. The minimum Gasteiger partial charge on any atom is -0.0798 e. The van der Waals surface area contributed by atoms with Crippen LogP contribution in [0.2, 0.25) is 0 Å². The molecule has 1 aromatic rings. The van der Waals surface area contributed by atoms with E-state index in [2.05, 4.69) is 50.3 Å². The van der Waals surface area contributed by atoms with Gasteiger partial charge in [-0.15, -0.1) is 0 Å². The van der Waals surface area contributed by atoms with Crippen LogP contribution in [-0.2, 0) is 6.42 Å². The fourth-order valence-electron chi connectivity index (χ4n) is 1.72. The minimum atomic E-state index is 1.06. The van der Waals surface area contributed by atoms with Crippen LogP contribution in [0.15, 0.2) is 35.9 Å². The molecule has 1 aliphatic carbocycles. The van der Waals surface area contributed by atoms with Gasteiger partial charge in [0.25, 0.3) is 0 Å². The summed E-state index contributed by atoms with van der Waals surface area (Å²) in [6.45, 7) is 4.29. The van der Waals surface area contributed by atoms with Crippen LogP contribution in [0.1, 0.15) is 23.6 Å². The smallest absolute Gasteiger partial charge is 0.00882 e. The maximum atomic E-state index is 2.27. The highest BCUT2D eigenvalue weighted by molar-refractivity contribution is 5.61. The number of allylic oxidation sites excluding steroid dienone is 3. The molecule has 0 unspecified atom stereocenters. The highest BCUT2D eigenvalue weighted by Gasteiger charge is 2.01. The van der Waals surface area contributed by atoms with E-state index in [9.17, 15) is 0 Å². The molecule has 13 heavy (non-hydrogen) atoms. The first kappa shape index (κ1) is 8.31. The largest absolute Gasteiger partial charge is 0.0798 e. The first-order chi connectivity index (χ1) is 6.25. The van der Waals surface area contributed by atoms with Crippen LogP contribution in [0, 0.1) is 6.92 Å². The molecule has 0 aliphatic heterocycles. The topological polar surface area (TPSA) is 0 Å². The molecule has 0 amide bonds. The minimum absolute atomic E-state index is 1.06. The van der Waals surface area contributed by atoms with Gasteiger partial charge in [0.15, 0.2) is 0 Å². The van der Waals surface area contributed by atoms with Crippen molar-refractivity contribution in [3.8, 4) is 0 Å². The van der Waals surface area contributed by atoms with Gasteiger partial charge in [-0.05, 0) is 31.4 Å². The third kappa shape index (κ3) is 1.72. The van der Waals surface area contributed by atoms with Crippen LogP contribution in [0.25, 0.3) is 6.08 Å². The normalized spacial score (nSPS) is 14.8. The van der Waals surface area contributed by atoms with Crippen molar-refractivity contribution < 1.29 is 0 Å². The van der Waals surface area contributed by atoms with E-state index < -0.39 is 0 Å². The lowest BCUT2D eigenvalue weighted by atomic mass is 10.0. The standard InChI is InChI=1S/C13H14/c1-10-4-3-5-12-9-11(2)6-7-13(12)8-10/h3-4,6-9H,5H2,1-2H3. The van der Waals surface area contributed by atoms with Gasteiger partial charge in [0.1, 0.15) is 0 Å². The molecule has 0 atom stereocenters. The van der Waals surface area contributed by atoms with Crippen molar-refractivity contribution in [3.05, 3.63) is 52.6 Å². The van der Waals surface area contributed by atoms with Gasteiger partial charge in [0, 0.05) is 0 Å². The zero-order valence-electron chi connectivity index (χ0n) is 8.17. The monoisotopic (exact) mass is 170 g/mol. The summed E-state index contributed by atoms with van der Waals surface area (Å²) < 4.78 is 0. The van der Waals surface area contributed by atoms with Gasteiger partial charge >= 0.3 is 0 Å². The molecule has 2 rings (SSSR count). The second kappa shape index (κ2) is 3.21. The zero-order valence-corrected chi connectivity index (χ0v) is 8.17. The molecule has 0 heterocycles. The lowest BCUT2D eigenvalue weighted by Gasteiger charge is -2.03. The average molecular weight is 170 g/mol. The molecule has 1 aromatic carbocycles. The maximum Gasteiger partial charge on any atom is -0.00882 e. The molecule has 0 N–H and O–H groups in total. The summed E-state index contributed by atoms with van der Waals surface area (Å²) in [4.78, 5) is 0. The molecule has 0 spiro atoms. The van der Waals surface area contributed by atoms with Gasteiger partial charge in [-0.25, -0.2) is 0 Å². The Morgan fingerprint density at radius 1 is 1.15 bits per heavy atom. The summed E-state index contributed by atoms with van der Waals surface area (Å²) in [5.74, 6) is 0. The number of benzene rings is 1. The van der Waals surface area contributed by atoms with Gasteiger partial charge in [0.05, 0.1) is 0 Å². The SMILES string of the molecule is CC1=Cc2ccc(C)cc2CC=C1. The van der Waals surface area contributed by atoms with Gasteiger partial charge < -0.3 is 0 Å². The summed E-state index contributed by atoms with van der Waals surface area (Å²) in [6.07, 6.45) is 7.73. The highest BCUT2D eigenvalue weighted by atomic mass is 14.1. The second-order valence-electron chi connectivity index (χ2n) is 3.70. The molecule has 1 aliphatic rings. The second-order valence-corrected chi connectivity index (χ2v) is 3.70. The molecule has 66 valence electrons. The maximum absolute atomic E-state index is 2.27. The van der Waals surface area contributed by atoms with E-state index in [1.54, 1.807) is 0 Å². The van der Waals surface area contributed by atoms with Crippen molar-refractivity contribution >= 4 is 6.08 Å². The van der Waals surface area contributed by atoms with Crippen LogP contribution >= 0.6 is 0 Å². The third-order valence-corrected chi connectivity index (χ3v) is 2.40. The van der Waals surface area contributed by atoms with E-state index in [0.717, 1.165) is 6.42 Å². The number of hydrogen-bond acceptors (Lipinski definition) is 0. The predicted molar refractivity (Wildman–Crippen MR) is 57.7 cm³/mol. The summed E-state index contributed by atoms with van der Waals surface area (Å²) in [5, 5.41) is 0. The van der Waals surface area contributed by atoms with Crippen molar-refractivity contribution in [2.24, 2.45) is 0 Å². The Hall–Kier alpha value is -1.30. The van der Waals surface area contributed by atoms with E-state index in [-0.39, 0.29) is 0 Å². The molecule has 0 saturated carbocycles. The van der Waals surface area contributed by atoms with Crippen LogP contribution < -0.4 is 0 Å². The van der Waals surface area contributed by atoms with E-state index in [1.807, 2.05) is 0 Å². The van der Waals surface area contributed by atoms with Gasteiger partial charge in [-0.1, -0.05) is 47.6 Å². The van der Waals surface area contributed by atoms with Crippen molar-refractivity contribution in [1.82, 2.24) is 0 Å². The fraction of sp³-hybridized carbons (Fsp3) is 0.231. The van der Waals surface area contributed by atoms with Crippen molar-refractivity contribution in [2.45, 2.75) is 20.3 Å². The third-order valence-electron chi connectivity index (χ3n) is 2.40. The molecule has 0 saturated heterocycles. The quantitative estimate of drug-likeness (QED) is 0.559. The Morgan fingerprint density at radius 3 is 2.85 bits per heavy atom. The van der Waals surface area contributed by atoms with Crippen LogP contribution in [0.4, 0.5) is 0 Å². The summed E-state index contributed by atoms with van der Waals surface area (Å²) in [5.41, 5.74) is 5.49. The fourth-order valence-corrected chi connectivity index (χ4v) is 1.72. The molecular weight excluding hydrogens is 156 g/mol.